The van der Waals surface area contributed by atoms with Gasteiger partial charge in [0, 0.05) is 12.7 Å². The van der Waals surface area contributed by atoms with Crippen LogP contribution in [0.25, 0.3) is 10.8 Å². The maximum Gasteiger partial charge on any atom is 0.584 e. The Labute approximate surface area is 243 Å². The second-order valence-corrected chi connectivity index (χ2v) is 12.5. The van der Waals surface area contributed by atoms with Crippen LogP contribution in [0.2, 0.25) is 0 Å². The lowest BCUT2D eigenvalue weighted by Crippen LogP contribution is -2.12. The summed E-state index contributed by atoms with van der Waals surface area (Å²) in [4.78, 5) is 12.6. The van der Waals surface area contributed by atoms with Crippen LogP contribution in [0.4, 0.5) is 0 Å². The van der Waals surface area contributed by atoms with Crippen LogP contribution in [0.3, 0.4) is 0 Å². The normalized spacial score (nSPS) is 14.4. The number of ether oxygens (including phenoxy) is 1. The summed E-state index contributed by atoms with van der Waals surface area (Å²) in [6.07, 6.45) is 15.0. The quantitative estimate of drug-likeness (QED) is 0.118. The summed E-state index contributed by atoms with van der Waals surface area (Å²) in [5, 5.41) is 3.91. The Bertz CT molecular complexity index is 1280. The topological polar surface area (TPSA) is 68.2 Å². The molecule has 0 radical (unpaired) electrons. The van der Waals surface area contributed by atoms with E-state index in [1.54, 1.807) is 36.0 Å². The molecule has 3 aromatic carbocycles. The molecular formula is C32H42NO5PS. The first-order chi connectivity index (χ1) is 19.5. The highest BCUT2D eigenvalue weighted by molar-refractivity contribution is 8.02. The van der Waals surface area contributed by atoms with Crippen molar-refractivity contribution in [2.24, 2.45) is 0 Å². The molecule has 1 atom stereocenters. The molecule has 0 spiro atoms. The number of phosphoric acid groups is 1. The lowest BCUT2D eigenvalue weighted by molar-refractivity contribution is 0.291. The number of rotatable bonds is 18. The average molecular weight is 584 g/mol. The maximum absolute atomic E-state index is 12.7. The monoisotopic (exact) mass is 583 g/mol. The molecule has 1 unspecified atom stereocenters. The molecule has 0 aromatic heterocycles. The predicted octanol–water partition coefficient (Wildman–Crippen LogP) is 9.68. The number of fused-ring (bicyclic) bond motifs is 1. The third kappa shape index (κ3) is 10.4. The van der Waals surface area contributed by atoms with E-state index in [1.165, 1.54) is 57.8 Å². The van der Waals surface area contributed by atoms with E-state index in [0.29, 0.717) is 18.9 Å². The third-order valence-corrected chi connectivity index (χ3v) is 8.56. The lowest BCUT2D eigenvalue weighted by Gasteiger charge is -2.17. The van der Waals surface area contributed by atoms with Crippen molar-refractivity contribution in [1.29, 1.82) is 0 Å². The van der Waals surface area contributed by atoms with Gasteiger partial charge >= 0.3 is 7.82 Å². The van der Waals surface area contributed by atoms with Crippen LogP contribution in [0.1, 0.15) is 76.7 Å². The highest BCUT2D eigenvalue weighted by Gasteiger charge is 2.25. The molecule has 3 aromatic rings. The Morgan fingerprint density at radius 1 is 0.800 bits per heavy atom. The van der Waals surface area contributed by atoms with E-state index in [2.05, 4.69) is 11.8 Å². The molecule has 216 valence electrons. The van der Waals surface area contributed by atoms with Crippen molar-refractivity contribution in [3.8, 4) is 17.2 Å². The number of nitrogens with zero attached hydrogens (tertiary/aromatic N) is 1. The second kappa shape index (κ2) is 16.0. The fourth-order valence-electron chi connectivity index (χ4n) is 4.76. The Kier molecular flexibility index (Phi) is 12.1. The van der Waals surface area contributed by atoms with Crippen molar-refractivity contribution in [1.82, 2.24) is 4.90 Å². The SMILES string of the molecule is CCCCCCCCCCCCOc1ccc2cc(OP(=O)(O)Oc3cccc(CN4C=CSC4)c3)ccc2c1. The zero-order valence-electron chi connectivity index (χ0n) is 23.5. The van der Waals surface area contributed by atoms with E-state index in [0.717, 1.165) is 34.4 Å². The first-order valence-corrected chi connectivity index (χ1v) is 17.0. The van der Waals surface area contributed by atoms with Gasteiger partial charge in [0.1, 0.15) is 17.2 Å². The predicted molar refractivity (Wildman–Crippen MR) is 166 cm³/mol. The van der Waals surface area contributed by atoms with Crippen LogP contribution in [0, 0.1) is 0 Å². The summed E-state index contributed by atoms with van der Waals surface area (Å²) in [6.45, 7) is 3.67. The molecular weight excluding hydrogens is 541 g/mol. The van der Waals surface area contributed by atoms with Crippen molar-refractivity contribution in [3.05, 3.63) is 77.8 Å². The number of thioether (sulfide) groups is 1. The van der Waals surface area contributed by atoms with Crippen LogP contribution in [-0.4, -0.2) is 22.3 Å². The van der Waals surface area contributed by atoms with Gasteiger partial charge in [-0.15, -0.1) is 11.8 Å². The largest absolute Gasteiger partial charge is 0.584 e. The number of hydrogen-bond acceptors (Lipinski definition) is 6. The average Bonchev–Trinajstić information content (AvgIpc) is 3.44. The fourth-order valence-corrected chi connectivity index (χ4v) is 6.27. The van der Waals surface area contributed by atoms with Gasteiger partial charge in [0.05, 0.1) is 12.5 Å². The molecule has 1 heterocycles. The zero-order valence-corrected chi connectivity index (χ0v) is 25.2. The molecule has 1 aliphatic rings. The number of phosphoric ester groups is 1. The Hall–Kier alpha value is -2.60. The molecule has 0 saturated heterocycles. The summed E-state index contributed by atoms with van der Waals surface area (Å²) < 4.78 is 29.5. The number of hydrogen-bond donors (Lipinski definition) is 1. The molecule has 40 heavy (non-hydrogen) atoms. The van der Waals surface area contributed by atoms with Gasteiger partial charge in [0.15, 0.2) is 0 Å². The van der Waals surface area contributed by atoms with Crippen LogP contribution in [0.5, 0.6) is 17.2 Å². The van der Waals surface area contributed by atoms with Gasteiger partial charge in [-0.2, -0.15) is 0 Å². The van der Waals surface area contributed by atoms with E-state index >= 15 is 0 Å². The number of unbranched alkanes of at least 4 members (excludes halogenated alkanes) is 9. The van der Waals surface area contributed by atoms with E-state index in [4.69, 9.17) is 13.8 Å². The highest BCUT2D eigenvalue weighted by Crippen LogP contribution is 2.45. The molecule has 0 saturated carbocycles. The van der Waals surface area contributed by atoms with Gasteiger partial charge in [-0.25, -0.2) is 4.57 Å². The van der Waals surface area contributed by atoms with Gasteiger partial charge in [0.25, 0.3) is 0 Å². The van der Waals surface area contributed by atoms with Crippen molar-refractivity contribution in [3.63, 3.8) is 0 Å². The van der Waals surface area contributed by atoms with E-state index < -0.39 is 7.82 Å². The molecule has 0 amide bonds. The first kappa shape index (κ1) is 30.4. The molecule has 0 fully saturated rings. The smallest absolute Gasteiger partial charge is 0.494 e. The minimum Gasteiger partial charge on any atom is -0.494 e. The molecule has 1 aliphatic heterocycles. The molecule has 0 bridgehead atoms. The van der Waals surface area contributed by atoms with Gasteiger partial charge < -0.3 is 18.7 Å². The minimum absolute atomic E-state index is 0.271. The maximum atomic E-state index is 12.7. The minimum atomic E-state index is -4.37. The van der Waals surface area contributed by atoms with Crippen LogP contribution < -0.4 is 13.8 Å². The Morgan fingerprint density at radius 2 is 1.43 bits per heavy atom. The van der Waals surface area contributed by atoms with E-state index in [1.807, 2.05) is 48.0 Å². The van der Waals surface area contributed by atoms with Crippen LogP contribution >= 0.6 is 19.6 Å². The standard InChI is InChI=1S/C32H42NO5PS/c1-2-3-4-5-6-7-8-9-10-11-20-36-30-17-15-29-24-32(18-16-28(29)23-30)38-39(34,35)37-31-14-12-13-27(22-31)25-33-19-21-40-26-33/h12-19,21-24H,2-11,20,25-26H2,1H3,(H,34,35). The van der Waals surface area contributed by atoms with Gasteiger partial charge in [-0.05, 0) is 64.6 Å². The summed E-state index contributed by atoms with van der Waals surface area (Å²) >= 11 is 1.73. The van der Waals surface area contributed by atoms with E-state index in [-0.39, 0.29) is 5.75 Å². The van der Waals surface area contributed by atoms with Crippen molar-refractivity contribution < 1.29 is 23.2 Å². The van der Waals surface area contributed by atoms with Crippen LogP contribution in [-0.2, 0) is 11.1 Å². The highest BCUT2D eigenvalue weighted by atomic mass is 32.2. The van der Waals surface area contributed by atoms with Crippen LogP contribution in [0.15, 0.2) is 72.3 Å². The summed E-state index contributed by atoms with van der Waals surface area (Å²) in [7, 11) is -4.37. The van der Waals surface area contributed by atoms with Gasteiger partial charge in [-0.3, -0.25) is 4.89 Å². The third-order valence-electron chi connectivity index (χ3n) is 6.88. The Balaban J connectivity index is 1.21. The molecule has 0 aliphatic carbocycles. The van der Waals surface area contributed by atoms with Gasteiger partial charge in [0.2, 0.25) is 0 Å². The summed E-state index contributed by atoms with van der Waals surface area (Å²) in [5.74, 6) is 2.29. The fraction of sp³-hybridized carbons (Fsp3) is 0.438. The zero-order chi connectivity index (χ0) is 28.0. The lowest BCUT2D eigenvalue weighted by atomic mass is 10.1. The summed E-state index contributed by atoms with van der Waals surface area (Å²) in [5.41, 5.74) is 0.988. The first-order valence-electron chi connectivity index (χ1n) is 14.5. The van der Waals surface area contributed by atoms with Crippen molar-refractivity contribution in [2.75, 3.05) is 12.5 Å². The molecule has 6 nitrogen and oxygen atoms in total. The number of benzene rings is 3. The summed E-state index contributed by atoms with van der Waals surface area (Å²) in [6, 6.07) is 18.3. The van der Waals surface area contributed by atoms with Gasteiger partial charge in [-0.1, -0.05) is 89.0 Å². The molecule has 1 N–H and O–H groups in total. The van der Waals surface area contributed by atoms with Crippen molar-refractivity contribution in [2.45, 2.75) is 77.7 Å². The Morgan fingerprint density at radius 3 is 2.10 bits per heavy atom. The second-order valence-electron chi connectivity index (χ2n) is 10.3. The molecule has 4 rings (SSSR count). The van der Waals surface area contributed by atoms with Crippen molar-refractivity contribution >= 4 is 30.4 Å². The van der Waals surface area contributed by atoms with E-state index in [9.17, 15) is 9.46 Å². The molecule has 8 heteroatoms.